The Balaban J connectivity index is 1.46. The number of carbonyl (C=O) groups is 1. The summed E-state index contributed by atoms with van der Waals surface area (Å²) in [5, 5.41) is 6.81. The topological polar surface area (TPSA) is 73.0 Å². The van der Waals surface area contributed by atoms with E-state index in [4.69, 9.17) is 4.52 Å². The van der Waals surface area contributed by atoms with E-state index in [1.165, 1.54) is 0 Å². The molecule has 0 saturated carbocycles. The molecule has 0 saturated heterocycles. The molecule has 0 fully saturated rings. The monoisotopic (exact) mass is 336 g/mol. The Hall–Kier alpha value is -2.89. The average Bonchev–Trinajstić information content (AvgIpc) is 3.28. The van der Waals surface area contributed by atoms with Crippen LogP contribution in [0.5, 0.6) is 0 Å². The van der Waals surface area contributed by atoms with Gasteiger partial charge in [0.25, 0.3) is 0 Å². The summed E-state index contributed by atoms with van der Waals surface area (Å²) >= 11 is 0. The fourth-order valence-corrected chi connectivity index (χ4v) is 3.33. The zero-order valence-corrected chi connectivity index (χ0v) is 14.4. The minimum absolute atomic E-state index is 0.0765. The molecule has 3 aromatic rings. The first-order valence-corrected chi connectivity index (χ1v) is 8.48. The van der Waals surface area contributed by atoms with E-state index in [9.17, 15) is 4.79 Å². The third-order valence-corrected chi connectivity index (χ3v) is 4.70. The van der Waals surface area contributed by atoms with Gasteiger partial charge in [0.1, 0.15) is 11.6 Å². The van der Waals surface area contributed by atoms with Crippen LogP contribution in [-0.2, 0) is 24.2 Å². The molecule has 0 unspecified atom stereocenters. The summed E-state index contributed by atoms with van der Waals surface area (Å²) in [6.45, 7) is 4.69. The molecule has 1 aliphatic rings. The Morgan fingerprint density at radius 3 is 2.80 bits per heavy atom. The second-order valence-corrected chi connectivity index (χ2v) is 6.42. The zero-order chi connectivity index (χ0) is 17.4. The number of imidazole rings is 1. The molecule has 6 nitrogen and oxygen atoms in total. The minimum atomic E-state index is -0.0765. The molecule has 1 amide bonds. The molecule has 128 valence electrons. The fourth-order valence-electron chi connectivity index (χ4n) is 3.33. The van der Waals surface area contributed by atoms with E-state index in [2.05, 4.69) is 20.0 Å². The van der Waals surface area contributed by atoms with Crippen molar-refractivity contribution in [3.05, 3.63) is 53.3 Å². The number of carbonyl (C=O) groups excluding carboxylic acids is 1. The number of benzene rings is 1. The van der Waals surface area contributed by atoms with E-state index in [0.29, 0.717) is 5.76 Å². The molecule has 1 aromatic carbocycles. The van der Waals surface area contributed by atoms with Crippen molar-refractivity contribution in [3.8, 4) is 11.3 Å². The van der Waals surface area contributed by atoms with Crippen molar-refractivity contribution >= 4 is 11.6 Å². The summed E-state index contributed by atoms with van der Waals surface area (Å²) in [5.74, 6) is 1.77. The van der Waals surface area contributed by atoms with Crippen LogP contribution in [0.2, 0.25) is 0 Å². The maximum atomic E-state index is 12.3. The lowest BCUT2D eigenvalue weighted by molar-refractivity contribution is -0.115. The Kier molecular flexibility index (Phi) is 3.87. The Labute approximate surface area is 145 Å². The van der Waals surface area contributed by atoms with Crippen molar-refractivity contribution in [2.45, 2.75) is 39.7 Å². The predicted molar refractivity (Wildman–Crippen MR) is 94.3 cm³/mol. The molecule has 0 bridgehead atoms. The summed E-state index contributed by atoms with van der Waals surface area (Å²) in [6.07, 6.45) is 4.40. The number of aromatic nitrogens is 3. The van der Waals surface area contributed by atoms with Crippen LogP contribution in [0.4, 0.5) is 5.69 Å². The van der Waals surface area contributed by atoms with Gasteiger partial charge in [-0.1, -0.05) is 17.3 Å². The first-order valence-electron chi connectivity index (χ1n) is 8.48. The van der Waals surface area contributed by atoms with Crippen molar-refractivity contribution in [2.75, 3.05) is 5.32 Å². The highest BCUT2D eigenvalue weighted by Crippen LogP contribution is 2.26. The van der Waals surface area contributed by atoms with Crippen molar-refractivity contribution in [3.63, 3.8) is 0 Å². The van der Waals surface area contributed by atoms with E-state index < -0.39 is 0 Å². The van der Waals surface area contributed by atoms with Gasteiger partial charge in [-0.05, 0) is 38.0 Å². The van der Waals surface area contributed by atoms with Gasteiger partial charge in [0.15, 0.2) is 0 Å². The van der Waals surface area contributed by atoms with Gasteiger partial charge in [-0.15, -0.1) is 0 Å². The van der Waals surface area contributed by atoms with E-state index in [1.807, 2.05) is 44.3 Å². The highest BCUT2D eigenvalue weighted by Gasteiger charge is 2.17. The highest BCUT2D eigenvalue weighted by atomic mass is 16.5. The summed E-state index contributed by atoms with van der Waals surface area (Å²) in [5.41, 5.74) is 4.65. The number of nitrogens with zero attached hydrogens (tertiary/aromatic N) is 3. The maximum Gasteiger partial charge on any atom is 0.228 e. The van der Waals surface area contributed by atoms with Crippen LogP contribution in [-0.4, -0.2) is 20.6 Å². The number of hydrogen-bond acceptors (Lipinski definition) is 4. The first-order chi connectivity index (χ1) is 12.1. The lowest BCUT2D eigenvalue weighted by Crippen LogP contribution is -2.15. The third kappa shape index (κ3) is 2.95. The second kappa shape index (κ2) is 6.20. The molecule has 4 rings (SSSR count). The van der Waals surface area contributed by atoms with E-state index in [-0.39, 0.29) is 12.3 Å². The van der Waals surface area contributed by atoms with Gasteiger partial charge < -0.3 is 14.4 Å². The molecule has 1 N–H and O–H groups in total. The Bertz CT molecular complexity index is 902. The molecular weight excluding hydrogens is 316 g/mol. The summed E-state index contributed by atoms with van der Waals surface area (Å²) in [7, 11) is 0. The molecule has 0 radical (unpaired) electrons. The van der Waals surface area contributed by atoms with Crippen molar-refractivity contribution in [1.82, 2.24) is 14.7 Å². The summed E-state index contributed by atoms with van der Waals surface area (Å²) in [6, 6.07) is 7.90. The lowest BCUT2D eigenvalue weighted by atomic mass is 10.1. The maximum absolute atomic E-state index is 12.3. The van der Waals surface area contributed by atoms with Gasteiger partial charge in [0, 0.05) is 24.2 Å². The molecule has 25 heavy (non-hydrogen) atoms. The van der Waals surface area contributed by atoms with Crippen LogP contribution in [0.25, 0.3) is 11.3 Å². The van der Waals surface area contributed by atoms with E-state index in [0.717, 1.165) is 53.4 Å². The van der Waals surface area contributed by atoms with Crippen LogP contribution in [0.1, 0.15) is 29.3 Å². The van der Waals surface area contributed by atoms with Crippen LogP contribution in [0.3, 0.4) is 0 Å². The van der Waals surface area contributed by atoms with Gasteiger partial charge in [-0.3, -0.25) is 4.79 Å². The van der Waals surface area contributed by atoms with Crippen LogP contribution >= 0.6 is 0 Å². The van der Waals surface area contributed by atoms with Gasteiger partial charge in [-0.25, -0.2) is 4.98 Å². The van der Waals surface area contributed by atoms with Crippen molar-refractivity contribution in [2.24, 2.45) is 0 Å². The van der Waals surface area contributed by atoms with Crippen LogP contribution < -0.4 is 5.32 Å². The van der Waals surface area contributed by atoms with Gasteiger partial charge >= 0.3 is 0 Å². The van der Waals surface area contributed by atoms with Crippen LogP contribution in [0, 0.1) is 13.8 Å². The molecule has 3 heterocycles. The Morgan fingerprint density at radius 1 is 1.28 bits per heavy atom. The minimum Gasteiger partial charge on any atom is -0.361 e. The lowest BCUT2D eigenvalue weighted by Gasteiger charge is -2.08. The average molecular weight is 336 g/mol. The normalized spacial score (nSPS) is 13.0. The fraction of sp³-hybridized carbons (Fsp3) is 0.316. The SMILES string of the molecule is Cc1noc(C)c1CC(=O)Nc1ccc(-c2cnc3n2CCC3)cc1. The quantitative estimate of drug-likeness (QED) is 0.793. The third-order valence-electron chi connectivity index (χ3n) is 4.70. The molecule has 0 spiro atoms. The van der Waals surface area contributed by atoms with Gasteiger partial charge in [0.05, 0.1) is 24.0 Å². The number of amides is 1. The summed E-state index contributed by atoms with van der Waals surface area (Å²) in [4.78, 5) is 16.7. The van der Waals surface area contributed by atoms with E-state index in [1.54, 1.807) is 0 Å². The number of rotatable bonds is 4. The van der Waals surface area contributed by atoms with Crippen LogP contribution in [0.15, 0.2) is 35.0 Å². The Morgan fingerprint density at radius 2 is 2.08 bits per heavy atom. The number of nitrogens with one attached hydrogen (secondary N) is 1. The van der Waals surface area contributed by atoms with Crippen molar-refractivity contribution < 1.29 is 9.32 Å². The molecule has 6 heteroatoms. The second-order valence-electron chi connectivity index (χ2n) is 6.42. The largest absolute Gasteiger partial charge is 0.361 e. The molecule has 1 aliphatic heterocycles. The van der Waals surface area contributed by atoms with Gasteiger partial charge in [-0.2, -0.15) is 0 Å². The highest BCUT2D eigenvalue weighted by molar-refractivity contribution is 5.92. The molecular formula is C19H20N4O2. The predicted octanol–water partition coefficient (Wildman–Crippen LogP) is 3.28. The smallest absolute Gasteiger partial charge is 0.228 e. The first kappa shape index (κ1) is 15.6. The zero-order valence-electron chi connectivity index (χ0n) is 14.4. The van der Waals surface area contributed by atoms with Gasteiger partial charge in [0.2, 0.25) is 5.91 Å². The summed E-state index contributed by atoms with van der Waals surface area (Å²) < 4.78 is 7.37. The number of fused-ring (bicyclic) bond motifs is 1. The molecule has 0 aliphatic carbocycles. The standard InChI is InChI=1S/C19H20N4O2/c1-12-16(13(2)25-22-12)10-19(24)21-15-7-5-14(6-8-15)17-11-20-18-4-3-9-23(17)18/h5-8,11H,3-4,9-10H2,1-2H3,(H,21,24). The molecule has 2 aromatic heterocycles. The number of hydrogen-bond donors (Lipinski definition) is 1. The number of aryl methyl sites for hydroxylation is 3. The number of anilines is 1. The van der Waals surface area contributed by atoms with Crippen molar-refractivity contribution in [1.29, 1.82) is 0 Å². The van der Waals surface area contributed by atoms with E-state index >= 15 is 0 Å². The molecule has 0 atom stereocenters.